The standard InChI is InChI=1S/C9H12N2O2/c12-6-7-3-8(5-10-4-7)9-1-2-13-11-9/h3-5,9,11-12H,1-2,6H2. The van der Waals surface area contributed by atoms with Crippen molar-refractivity contribution in [2.75, 3.05) is 6.61 Å². The zero-order valence-electron chi connectivity index (χ0n) is 7.23. The van der Waals surface area contributed by atoms with E-state index in [4.69, 9.17) is 9.94 Å². The van der Waals surface area contributed by atoms with E-state index in [9.17, 15) is 0 Å². The molecule has 1 aromatic heterocycles. The summed E-state index contributed by atoms with van der Waals surface area (Å²) in [4.78, 5) is 9.09. The molecule has 70 valence electrons. The third-order valence-corrected chi connectivity index (χ3v) is 2.14. The first-order valence-electron chi connectivity index (χ1n) is 4.32. The predicted octanol–water partition coefficient (Wildman–Crippen LogP) is 0.540. The van der Waals surface area contributed by atoms with Gasteiger partial charge in [-0.3, -0.25) is 4.98 Å². The molecule has 0 bridgehead atoms. The van der Waals surface area contributed by atoms with Crippen LogP contribution in [0.3, 0.4) is 0 Å². The largest absolute Gasteiger partial charge is 0.392 e. The Bertz CT molecular complexity index is 285. The lowest BCUT2D eigenvalue weighted by atomic mass is 10.1. The van der Waals surface area contributed by atoms with E-state index >= 15 is 0 Å². The quantitative estimate of drug-likeness (QED) is 0.697. The lowest BCUT2D eigenvalue weighted by Gasteiger charge is -2.08. The summed E-state index contributed by atoms with van der Waals surface area (Å²) in [5.41, 5.74) is 4.81. The van der Waals surface area contributed by atoms with Gasteiger partial charge in [-0.2, -0.15) is 5.48 Å². The maximum Gasteiger partial charge on any atom is 0.0701 e. The molecular formula is C9H12N2O2. The number of aliphatic hydroxyl groups excluding tert-OH is 1. The number of hydrogen-bond donors (Lipinski definition) is 2. The van der Waals surface area contributed by atoms with Gasteiger partial charge in [0.15, 0.2) is 0 Å². The highest BCUT2D eigenvalue weighted by Gasteiger charge is 2.17. The Labute approximate surface area is 76.5 Å². The second kappa shape index (κ2) is 3.83. The number of rotatable bonds is 2. The first-order chi connectivity index (χ1) is 6.40. The summed E-state index contributed by atoms with van der Waals surface area (Å²) in [7, 11) is 0. The highest BCUT2D eigenvalue weighted by Crippen LogP contribution is 2.20. The normalized spacial score (nSPS) is 22.1. The lowest BCUT2D eigenvalue weighted by Crippen LogP contribution is -2.11. The van der Waals surface area contributed by atoms with Crippen molar-refractivity contribution in [2.24, 2.45) is 0 Å². The van der Waals surface area contributed by atoms with Crippen LogP contribution in [0.25, 0.3) is 0 Å². The summed E-state index contributed by atoms with van der Waals surface area (Å²) in [5, 5.41) is 8.91. The first kappa shape index (κ1) is 8.62. The van der Waals surface area contributed by atoms with Gasteiger partial charge in [0.1, 0.15) is 0 Å². The van der Waals surface area contributed by atoms with Gasteiger partial charge in [-0.1, -0.05) is 0 Å². The Kier molecular flexibility index (Phi) is 2.54. The van der Waals surface area contributed by atoms with E-state index in [1.165, 1.54) is 0 Å². The Morgan fingerprint density at radius 2 is 2.54 bits per heavy atom. The fourth-order valence-electron chi connectivity index (χ4n) is 1.41. The second-order valence-electron chi connectivity index (χ2n) is 3.09. The topological polar surface area (TPSA) is 54.4 Å². The van der Waals surface area contributed by atoms with Gasteiger partial charge in [0.05, 0.1) is 19.3 Å². The van der Waals surface area contributed by atoms with Gasteiger partial charge in [0.2, 0.25) is 0 Å². The SMILES string of the molecule is OCc1cncc(C2CCON2)c1. The molecule has 0 spiro atoms. The molecule has 2 rings (SSSR count). The number of pyridine rings is 1. The summed E-state index contributed by atoms with van der Waals surface area (Å²) in [5.74, 6) is 0. The number of hydrogen-bond acceptors (Lipinski definition) is 4. The maximum atomic E-state index is 8.91. The number of nitrogens with one attached hydrogen (secondary N) is 1. The average Bonchev–Trinajstić information content (AvgIpc) is 2.71. The molecule has 1 atom stereocenters. The minimum atomic E-state index is 0.0361. The fraction of sp³-hybridized carbons (Fsp3) is 0.444. The predicted molar refractivity (Wildman–Crippen MR) is 46.6 cm³/mol. The molecule has 1 saturated heterocycles. The summed E-state index contributed by atoms with van der Waals surface area (Å²) in [6.45, 7) is 0.766. The zero-order valence-corrected chi connectivity index (χ0v) is 7.23. The summed E-state index contributed by atoms with van der Waals surface area (Å²) < 4.78 is 0. The van der Waals surface area contributed by atoms with E-state index in [0.717, 1.165) is 24.2 Å². The van der Waals surface area contributed by atoms with Gasteiger partial charge in [-0.15, -0.1) is 0 Å². The molecule has 13 heavy (non-hydrogen) atoms. The number of aromatic nitrogens is 1. The highest BCUT2D eigenvalue weighted by molar-refractivity contribution is 5.20. The van der Waals surface area contributed by atoms with Crippen molar-refractivity contribution in [3.05, 3.63) is 29.6 Å². The van der Waals surface area contributed by atoms with Gasteiger partial charge in [-0.25, -0.2) is 0 Å². The van der Waals surface area contributed by atoms with Gasteiger partial charge in [-0.05, 0) is 23.6 Å². The minimum absolute atomic E-state index is 0.0361. The van der Waals surface area contributed by atoms with Crippen LogP contribution < -0.4 is 5.48 Å². The monoisotopic (exact) mass is 180 g/mol. The van der Waals surface area contributed by atoms with Crippen LogP contribution in [0.15, 0.2) is 18.5 Å². The van der Waals surface area contributed by atoms with Crippen molar-refractivity contribution in [1.82, 2.24) is 10.5 Å². The smallest absolute Gasteiger partial charge is 0.0701 e. The number of hydroxylamine groups is 1. The molecule has 0 amide bonds. The van der Waals surface area contributed by atoms with Crippen LogP contribution in [0.4, 0.5) is 0 Å². The van der Waals surface area contributed by atoms with E-state index < -0.39 is 0 Å². The molecule has 2 heterocycles. The lowest BCUT2D eigenvalue weighted by molar-refractivity contribution is 0.0882. The van der Waals surface area contributed by atoms with E-state index in [1.54, 1.807) is 12.4 Å². The summed E-state index contributed by atoms with van der Waals surface area (Å²) >= 11 is 0. The van der Waals surface area contributed by atoms with Crippen LogP contribution in [-0.4, -0.2) is 16.7 Å². The molecule has 0 aromatic carbocycles. The van der Waals surface area contributed by atoms with Crippen LogP contribution in [0.2, 0.25) is 0 Å². The first-order valence-corrected chi connectivity index (χ1v) is 4.32. The third kappa shape index (κ3) is 1.85. The van der Waals surface area contributed by atoms with Gasteiger partial charge >= 0.3 is 0 Å². The van der Waals surface area contributed by atoms with E-state index in [1.807, 2.05) is 6.07 Å². The van der Waals surface area contributed by atoms with Crippen molar-refractivity contribution in [1.29, 1.82) is 0 Å². The van der Waals surface area contributed by atoms with E-state index in [-0.39, 0.29) is 12.6 Å². The van der Waals surface area contributed by atoms with Crippen molar-refractivity contribution in [3.8, 4) is 0 Å². The molecule has 1 aliphatic heterocycles. The molecule has 4 nitrogen and oxygen atoms in total. The molecule has 2 N–H and O–H groups in total. The van der Waals surface area contributed by atoms with Crippen molar-refractivity contribution >= 4 is 0 Å². The summed E-state index contributed by atoms with van der Waals surface area (Å²) in [6, 6.07) is 2.17. The van der Waals surface area contributed by atoms with Crippen LogP contribution in [0.1, 0.15) is 23.6 Å². The van der Waals surface area contributed by atoms with Crippen molar-refractivity contribution in [2.45, 2.75) is 19.1 Å². The van der Waals surface area contributed by atoms with Gasteiger partial charge < -0.3 is 9.94 Å². The molecule has 1 aliphatic rings. The Morgan fingerprint density at radius 3 is 3.23 bits per heavy atom. The second-order valence-corrected chi connectivity index (χ2v) is 3.09. The minimum Gasteiger partial charge on any atom is -0.392 e. The zero-order chi connectivity index (χ0) is 9.10. The van der Waals surface area contributed by atoms with Crippen LogP contribution in [0.5, 0.6) is 0 Å². The van der Waals surface area contributed by atoms with E-state index in [2.05, 4.69) is 10.5 Å². The van der Waals surface area contributed by atoms with Crippen molar-refractivity contribution in [3.63, 3.8) is 0 Å². The molecule has 0 radical (unpaired) electrons. The highest BCUT2D eigenvalue weighted by atomic mass is 16.7. The van der Waals surface area contributed by atoms with Crippen molar-refractivity contribution < 1.29 is 9.94 Å². The molecule has 1 aromatic rings. The average molecular weight is 180 g/mol. The summed E-state index contributed by atoms with van der Waals surface area (Å²) in [6.07, 6.45) is 4.42. The number of nitrogens with zero attached hydrogens (tertiary/aromatic N) is 1. The molecule has 4 heteroatoms. The number of aliphatic hydroxyl groups is 1. The molecule has 1 fully saturated rings. The molecular weight excluding hydrogens is 168 g/mol. The third-order valence-electron chi connectivity index (χ3n) is 2.14. The molecule has 0 aliphatic carbocycles. The Hall–Kier alpha value is -0.970. The Balaban J connectivity index is 2.18. The molecule has 1 unspecified atom stereocenters. The maximum absolute atomic E-state index is 8.91. The van der Waals surface area contributed by atoms with Crippen LogP contribution in [-0.2, 0) is 11.4 Å². The van der Waals surface area contributed by atoms with Gasteiger partial charge in [0, 0.05) is 12.4 Å². The fourth-order valence-corrected chi connectivity index (χ4v) is 1.41. The Morgan fingerprint density at radius 1 is 1.62 bits per heavy atom. The molecule has 0 saturated carbocycles. The van der Waals surface area contributed by atoms with Gasteiger partial charge in [0.25, 0.3) is 0 Å². The van der Waals surface area contributed by atoms with Crippen LogP contribution in [0, 0.1) is 0 Å². The van der Waals surface area contributed by atoms with Crippen LogP contribution >= 0.6 is 0 Å². The van der Waals surface area contributed by atoms with E-state index in [0.29, 0.717) is 0 Å².